The third-order valence-corrected chi connectivity index (χ3v) is 4.78. The molecule has 0 atom stereocenters. The van der Waals surface area contributed by atoms with Gasteiger partial charge in [0.25, 0.3) is 5.69 Å². The van der Waals surface area contributed by atoms with E-state index in [9.17, 15) is 14.9 Å². The number of nitro groups is 1. The molecule has 0 fully saturated rings. The fourth-order valence-electron chi connectivity index (χ4n) is 2.99. The van der Waals surface area contributed by atoms with Crippen LogP contribution in [-0.4, -0.2) is 15.9 Å². The molecule has 0 aliphatic heterocycles. The first-order valence-corrected chi connectivity index (χ1v) is 8.77. The summed E-state index contributed by atoms with van der Waals surface area (Å²) >= 11 is 6.55. The van der Waals surface area contributed by atoms with Gasteiger partial charge in [-0.1, -0.05) is 35.9 Å². The number of non-ortho nitro benzene ring substituents is 1. The second-order valence-corrected chi connectivity index (χ2v) is 6.67. The first-order chi connectivity index (χ1) is 13.4. The quantitative estimate of drug-likeness (QED) is 0.152. The van der Waals surface area contributed by atoms with Gasteiger partial charge in [-0.15, -0.1) is 0 Å². The van der Waals surface area contributed by atoms with Crippen LogP contribution in [0.15, 0.2) is 60.7 Å². The molecule has 28 heavy (non-hydrogen) atoms. The Morgan fingerprint density at radius 2 is 1.82 bits per heavy atom. The standard InChI is InChI=1S/C21H13ClN2O4/c1-12-5-10-15-18(11-12)23-20-16(19(15)22)3-2-4-17(20)21(25)28-14-8-6-13(7-9-14)24(26)27/h2-11H,1H3. The van der Waals surface area contributed by atoms with Crippen molar-refractivity contribution in [1.82, 2.24) is 4.98 Å². The third kappa shape index (κ3) is 3.14. The highest BCUT2D eigenvalue weighted by atomic mass is 35.5. The van der Waals surface area contributed by atoms with E-state index in [2.05, 4.69) is 4.98 Å². The van der Waals surface area contributed by atoms with Crippen LogP contribution >= 0.6 is 11.6 Å². The molecule has 0 amide bonds. The van der Waals surface area contributed by atoms with Gasteiger partial charge in [0, 0.05) is 22.9 Å². The first kappa shape index (κ1) is 17.9. The second-order valence-electron chi connectivity index (χ2n) is 6.29. The lowest BCUT2D eigenvalue weighted by atomic mass is 10.1. The number of carbonyl (C=O) groups is 1. The maximum Gasteiger partial charge on any atom is 0.345 e. The van der Waals surface area contributed by atoms with Crippen LogP contribution in [0.5, 0.6) is 5.75 Å². The van der Waals surface area contributed by atoms with Crippen LogP contribution in [0, 0.1) is 17.0 Å². The number of fused-ring (bicyclic) bond motifs is 2. The zero-order valence-electron chi connectivity index (χ0n) is 14.7. The molecule has 0 saturated heterocycles. The van der Waals surface area contributed by atoms with Crippen LogP contribution in [0.3, 0.4) is 0 Å². The zero-order valence-corrected chi connectivity index (χ0v) is 15.4. The van der Waals surface area contributed by atoms with E-state index < -0.39 is 10.9 Å². The summed E-state index contributed by atoms with van der Waals surface area (Å²) in [7, 11) is 0. The monoisotopic (exact) mass is 392 g/mol. The van der Waals surface area contributed by atoms with E-state index in [4.69, 9.17) is 16.3 Å². The van der Waals surface area contributed by atoms with E-state index in [-0.39, 0.29) is 17.0 Å². The summed E-state index contributed by atoms with van der Waals surface area (Å²) in [6.45, 7) is 1.95. The maximum atomic E-state index is 12.7. The minimum absolute atomic E-state index is 0.0831. The number of rotatable bonds is 3. The molecular weight excluding hydrogens is 380 g/mol. The molecule has 0 aliphatic rings. The number of nitrogens with zero attached hydrogens (tertiary/aromatic N) is 2. The van der Waals surface area contributed by atoms with Gasteiger partial charge < -0.3 is 4.74 Å². The molecule has 138 valence electrons. The largest absolute Gasteiger partial charge is 0.423 e. The van der Waals surface area contributed by atoms with Gasteiger partial charge in [-0.05, 0) is 36.8 Å². The summed E-state index contributed by atoms with van der Waals surface area (Å²) in [6.07, 6.45) is 0. The number of para-hydroxylation sites is 1. The number of hydrogen-bond acceptors (Lipinski definition) is 5. The van der Waals surface area contributed by atoms with Crippen LogP contribution in [-0.2, 0) is 0 Å². The molecule has 7 heteroatoms. The Morgan fingerprint density at radius 3 is 2.54 bits per heavy atom. The Labute approximate surface area is 164 Å². The highest BCUT2D eigenvalue weighted by Crippen LogP contribution is 2.32. The van der Waals surface area contributed by atoms with Crippen molar-refractivity contribution in [2.45, 2.75) is 6.92 Å². The Kier molecular flexibility index (Phi) is 4.41. The third-order valence-electron chi connectivity index (χ3n) is 4.37. The number of aryl methyl sites for hydroxylation is 1. The molecule has 0 saturated carbocycles. The van der Waals surface area contributed by atoms with Crippen molar-refractivity contribution in [1.29, 1.82) is 0 Å². The van der Waals surface area contributed by atoms with Crippen LogP contribution in [0.4, 0.5) is 5.69 Å². The molecule has 1 aromatic heterocycles. The Balaban J connectivity index is 1.78. The molecule has 4 rings (SSSR count). The second kappa shape index (κ2) is 6.90. The average Bonchev–Trinajstić information content (AvgIpc) is 2.68. The number of nitro benzene ring substituents is 1. The molecular formula is C21H13ClN2O4. The minimum Gasteiger partial charge on any atom is -0.423 e. The zero-order chi connectivity index (χ0) is 19.8. The number of aromatic nitrogens is 1. The van der Waals surface area contributed by atoms with Gasteiger partial charge in [0.15, 0.2) is 0 Å². The van der Waals surface area contributed by atoms with Gasteiger partial charge in [0.1, 0.15) is 5.75 Å². The van der Waals surface area contributed by atoms with Crippen molar-refractivity contribution in [3.05, 3.63) is 86.9 Å². The molecule has 0 radical (unpaired) electrons. The lowest BCUT2D eigenvalue weighted by Gasteiger charge is -2.10. The molecule has 0 aliphatic carbocycles. The fourth-order valence-corrected chi connectivity index (χ4v) is 3.30. The molecule has 0 unspecified atom stereocenters. The predicted octanol–water partition coefficient (Wildman–Crippen LogP) is 5.48. The van der Waals surface area contributed by atoms with Crippen molar-refractivity contribution in [2.24, 2.45) is 0 Å². The van der Waals surface area contributed by atoms with Crippen molar-refractivity contribution < 1.29 is 14.5 Å². The van der Waals surface area contributed by atoms with Crippen LogP contribution in [0.2, 0.25) is 5.02 Å². The van der Waals surface area contributed by atoms with Gasteiger partial charge in [-0.25, -0.2) is 9.78 Å². The van der Waals surface area contributed by atoms with Crippen LogP contribution < -0.4 is 4.74 Å². The molecule has 3 aromatic carbocycles. The summed E-state index contributed by atoms with van der Waals surface area (Å²) in [4.78, 5) is 27.6. The number of hydrogen-bond donors (Lipinski definition) is 0. The number of esters is 1. The number of benzene rings is 3. The topological polar surface area (TPSA) is 82.3 Å². The van der Waals surface area contributed by atoms with E-state index in [1.165, 1.54) is 24.3 Å². The van der Waals surface area contributed by atoms with Crippen molar-refractivity contribution in [3.8, 4) is 5.75 Å². The van der Waals surface area contributed by atoms with Crippen LogP contribution in [0.1, 0.15) is 15.9 Å². The van der Waals surface area contributed by atoms with Gasteiger partial charge in [0.05, 0.1) is 26.5 Å². The summed E-state index contributed by atoms with van der Waals surface area (Å²) in [5.74, 6) is -0.412. The lowest BCUT2D eigenvalue weighted by molar-refractivity contribution is -0.384. The molecule has 0 spiro atoms. The minimum atomic E-state index is -0.616. The SMILES string of the molecule is Cc1ccc2c(Cl)c3cccc(C(=O)Oc4ccc([N+](=O)[O-])cc4)c3nc2c1. The van der Waals surface area contributed by atoms with E-state index in [0.29, 0.717) is 21.4 Å². The summed E-state index contributed by atoms with van der Waals surface area (Å²) in [5, 5.41) is 12.7. The van der Waals surface area contributed by atoms with Gasteiger partial charge in [-0.2, -0.15) is 0 Å². The smallest absolute Gasteiger partial charge is 0.345 e. The van der Waals surface area contributed by atoms with E-state index in [0.717, 1.165) is 10.9 Å². The van der Waals surface area contributed by atoms with E-state index >= 15 is 0 Å². The Morgan fingerprint density at radius 1 is 1.07 bits per heavy atom. The van der Waals surface area contributed by atoms with Gasteiger partial charge >= 0.3 is 5.97 Å². The van der Waals surface area contributed by atoms with E-state index in [1.807, 2.05) is 25.1 Å². The van der Waals surface area contributed by atoms with Gasteiger partial charge in [0.2, 0.25) is 0 Å². The maximum absolute atomic E-state index is 12.7. The van der Waals surface area contributed by atoms with E-state index in [1.54, 1.807) is 18.2 Å². The Bertz CT molecular complexity index is 1250. The molecule has 4 aromatic rings. The molecule has 0 bridgehead atoms. The number of ether oxygens (including phenoxy) is 1. The first-order valence-electron chi connectivity index (χ1n) is 8.39. The highest BCUT2D eigenvalue weighted by molar-refractivity contribution is 6.40. The lowest BCUT2D eigenvalue weighted by Crippen LogP contribution is -2.10. The molecule has 1 heterocycles. The van der Waals surface area contributed by atoms with Crippen molar-refractivity contribution in [3.63, 3.8) is 0 Å². The highest BCUT2D eigenvalue weighted by Gasteiger charge is 2.17. The van der Waals surface area contributed by atoms with Crippen LogP contribution in [0.25, 0.3) is 21.8 Å². The average molecular weight is 393 g/mol. The predicted molar refractivity (Wildman–Crippen MR) is 107 cm³/mol. The molecule has 6 nitrogen and oxygen atoms in total. The number of pyridine rings is 1. The van der Waals surface area contributed by atoms with Gasteiger partial charge in [-0.3, -0.25) is 10.1 Å². The van der Waals surface area contributed by atoms with Crippen molar-refractivity contribution in [2.75, 3.05) is 0 Å². The Hall–Kier alpha value is -3.51. The summed E-state index contributed by atoms with van der Waals surface area (Å²) in [5.41, 5.74) is 2.34. The van der Waals surface area contributed by atoms with Crippen molar-refractivity contribution >= 4 is 45.1 Å². The normalized spacial score (nSPS) is 10.9. The summed E-state index contributed by atoms with van der Waals surface area (Å²) < 4.78 is 5.37. The number of halogens is 1. The number of carbonyl (C=O) groups excluding carboxylic acids is 1. The summed E-state index contributed by atoms with van der Waals surface area (Å²) in [6, 6.07) is 16.2. The molecule has 0 N–H and O–H groups in total. The fraction of sp³-hybridized carbons (Fsp3) is 0.0476.